The van der Waals surface area contributed by atoms with Crippen molar-refractivity contribution in [2.24, 2.45) is 17.8 Å². The van der Waals surface area contributed by atoms with E-state index in [1.54, 1.807) is 19.9 Å². The first-order valence-corrected chi connectivity index (χ1v) is 10.2. The van der Waals surface area contributed by atoms with Crippen LogP contribution in [0.4, 0.5) is 0 Å². The highest BCUT2D eigenvalue weighted by Crippen LogP contribution is 2.40. The standard InChI is InChI=1S/C23H30O8/c1-11(2)20(25)30-18-17-14(6)22(27)29-15(17)10-13(5)8-9-16(24)23(7,28)19(18)31-21(26)12(3)4/h8-9,12-13,15,17-19,28H,1,6,10H2,2-5,7H3/b9-8-/t13-,15+,17-,18-,19+,23+/m0/s1. The first-order chi connectivity index (χ1) is 14.3. The Labute approximate surface area is 181 Å². The van der Waals surface area contributed by atoms with Gasteiger partial charge in [-0.05, 0) is 32.3 Å². The van der Waals surface area contributed by atoms with Crippen LogP contribution >= 0.6 is 0 Å². The van der Waals surface area contributed by atoms with Crippen molar-refractivity contribution in [3.8, 4) is 0 Å². The number of carbonyl (C=O) groups is 4. The molecule has 1 aliphatic carbocycles. The molecule has 0 spiro atoms. The fourth-order valence-corrected chi connectivity index (χ4v) is 3.57. The largest absolute Gasteiger partial charge is 0.458 e. The quantitative estimate of drug-likeness (QED) is 0.406. The smallest absolute Gasteiger partial charge is 0.334 e. The van der Waals surface area contributed by atoms with Crippen LogP contribution in [0.25, 0.3) is 0 Å². The molecule has 0 aromatic carbocycles. The summed E-state index contributed by atoms with van der Waals surface area (Å²) in [4.78, 5) is 50.1. The molecule has 0 amide bonds. The van der Waals surface area contributed by atoms with Crippen LogP contribution in [0.3, 0.4) is 0 Å². The molecule has 31 heavy (non-hydrogen) atoms. The maximum atomic E-state index is 12.9. The lowest BCUT2D eigenvalue weighted by Crippen LogP contribution is -2.58. The summed E-state index contributed by atoms with van der Waals surface area (Å²) in [6.45, 7) is 14.9. The molecular weight excluding hydrogens is 404 g/mol. The second-order valence-electron chi connectivity index (χ2n) is 8.74. The van der Waals surface area contributed by atoms with Crippen molar-refractivity contribution >= 4 is 23.7 Å². The van der Waals surface area contributed by atoms with Crippen LogP contribution in [0.5, 0.6) is 0 Å². The molecule has 1 saturated heterocycles. The molecule has 0 aromatic rings. The number of aliphatic hydroxyl groups is 1. The van der Waals surface area contributed by atoms with Crippen molar-refractivity contribution in [1.29, 1.82) is 0 Å². The summed E-state index contributed by atoms with van der Waals surface area (Å²) in [5, 5.41) is 11.2. The monoisotopic (exact) mass is 434 g/mol. The molecule has 1 aliphatic heterocycles. The van der Waals surface area contributed by atoms with E-state index >= 15 is 0 Å². The molecule has 2 rings (SSSR count). The highest BCUT2D eigenvalue weighted by molar-refractivity contribution is 5.98. The Morgan fingerprint density at radius 3 is 2.45 bits per heavy atom. The summed E-state index contributed by atoms with van der Waals surface area (Å²) in [7, 11) is 0. The van der Waals surface area contributed by atoms with E-state index in [2.05, 4.69) is 13.2 Å². The minimum atomic E-state index is -2.26. The molecule has 0 saturated carbocycles. The van der Waals surface area contributed by atoms with Gasteiger partial charge in [0.25, 0.3) is 0 Å². The number of rotatable bonds is 4. The fourth-order valence-electron chi connectivity index (χ4n) is 3.57. The van der Waals surface area contributed by atoms with E-state index in [1.165, 1.54) is 19.9 Å². The van der Waals surface area contributed by atoms with Gasteiger partial charge in [0.05, 0.1) is 11.8 Å². The van der Waals surface area contributed by atoms with Crippen molar-refractivity contribution in [3.63, 3.8) is 0 Å². The molecule has 8 heteroatoms. The molecule has 6 atom stereocenters. The minimum absolute atomic E-state index is 0.00936. The van der Waals surface area contributed by atoms with Gasteiger partial charge in [0, 0.05) is 11.1 Å². The Kier molecular flexibility index (Phi) is 7.26. The number of esters is 3. The van der Waals surface area contributed by atoms with E-state index in [-0.39, 0.29) is 17.1 Å². The van der Waals surface area contributed by atoms with Crippen LogP contribution in [-0.2, 0) is 33.4 Å². The van der Waals surface area contributed by atoms with Crippen molar-refractivity contribution in [3.05, 3.63) is 36.5 Å². The Bertz CT molecular complexity index is 835. The first-order valence-electron chi connectivity index (χ1n) is 10.2. The fraction of sp³-hybridized carbons (Fsp3) is 0.565. The minimum Gasteiger partial charge on any atom is -0.458 e. The average Bonchev–Trinajstić information content (AvgIpc) is 2.94. The van der Waals surface area contributed by atoms with E-state index < -0.39 is 59.4 Å². The third-order valence-corrected chi connectivity index (χ3v) is 5.52. The van der Waals surface area contributed by atoms with Crippen LogP contribution in [0.15, 0.2) is 36.5 Å². The first kappa shape index (κ1) is 24.5. The Morgan fingerprint density at radius 2 is 1.90 bits per heavy atom. The molecule has 0 radical (unpaired) electrons. The molecule has 2 aliphatic rings. The Morgan fingerprint density at radius 1 is 1.29 bits per heavy atom. The molecule has 8 nitrogen and oxygen atoms in total. The molecule has 0 bridgehead atoms. The molecule has 1 heterocycles. The maximum Gasteiger partial charge on any atom is 0.334 e. The van der Waals surface area contributed by atoms with Crippen LogP contribution in [0, 0.1) is 17.8 Å². The van der Waals surface area contributed by atoms with Crippen molar-refractivity contribution in [2.75, 3.05) is 0 Å². The van der Waals surface area contributed by atoms with Gasteiger partial charge in [0.15, 0.2) is 23.6 Å². The van der Waals surface area contributed by atoms with Crippen molar-refractivity contribution < 1.29 is 38.5 Å². The van der Waals surface area contributed by atoms with Gasteiger partial charge in [-0.1, -0.05) is 40.0 Å². The van der Waals surface area contributed by atoms with E-state index in [0.29, 0.717) is 6.42 Å². The number of allylic oxidation sites excluding steroid dienone is 1. The summed E-state index contributed by atoms with van der Waals surface area (Å²) in [6.07, 6.45) is -0.683. The second-order valence-corrected chi connectivity index (χ2v) is 8.74. The predicted octanol–water partition coefficient (Wildman–Crippen LogP) is 2.06. The zero-order chi connectivity index (χ0) is 23.7. The van der Waals surface area contributed by atoms with E-state index in [1.807, 2.05) is 6.92 Å². The number of ether oxygens (including phenoxy) is 3. The van der Waals surface area contributed by atoms with Crippen LogP contribution in [-0.4, -0.2) is 52.7 Å². The van der Waals surface area contributed by atoms with Crippen LogP contribution in [0.1, 0.15) is 41.0 Å². The SMILES string of the molecule is C=C(C)C(=O)O[C@H]1[C@H]2C(=C)C(=O)O[C@@H]2C[C@@H](C)/C=C\C(=O)[C@@](C)(O)[C@@H]1OC(=O)C(C)C. The lowest BCUT2D eigenvalue weighted by atomic mass is 9.77. The second kappa shape index (κ2) is 9.18. The van der Waals surface area contributed by atoms with Crippen molar-refractivity contribution in [1.82, 2.24) is 0 Å². The average molecular weight is 434 g/mol. The van der Waals surface area contributed by atoms with Gasteiger partial charge in [-0.2, -0.15) is 0 Å². The molecule has 1 fully saturated rings. The van der Waals surface area contributed by atoms with Gasteiger partial charge in [-0.15, -0.1) is 0 Å². The van der Waals surface area contributed by atoms with E-state index in [0.717, 1.165) is 0 Å². The van der Waals surface area contributed by atoms with Gasteiger partial charge in [-0.25, -0.2) is 9.59 Å². The summed E-state index contributed by atoms with van der Waals surface area (Å²) in [5.41, 5.74) is -2.19. The molecule has 170 valence electrons. The van der Waals surface area contributed by atoms with Crippen LogP contribution in [0.2, 0.25) is 0 Å². The maximum absolute atomic E-state index is 12.9. The predicted molar refractivity (Wildman–Crippen MR) is 110 cm³/mol. The molecule has 0 aromatic heterocycles. The lowest BCUT2D eigenvalue weighted by Gasteiger charge is -2.40. The highest BCUT2D eigenvalue weighted by atomic mass is 16.6. The number of carbonyl (C=O) groups excluding carboxylic acids is 4. The third kappa shape index (κ3) is 5.12. The third-order valence-electron chi connectivity index (χ3n) is 5.52. The van der Waals surface area contributed by atoms with Crippen molar-refractivity contribution in [2.45, 2.75) is 65.0 Å². The topological polar surface area (TPSA) is 116 Å². The van der Waals surface area contributed by atoms with Crippen LogP contribution < -0.4 is 0 Å². The summed E-state index contributed by atoms with van der Waals surface area (Å²) in [6, 6.07) is 0. The Hall–Kier alpha value is -2.74. The highest BCUT2D eigenvalue weighted by Gasteiger charge is 2.56. The number of hydrogen-bond donors (Lipinski definition) is 1. The number of fused-ring (bicyclic) bond motifs is 1. The molecule has 0 unspecified atom stereocenters. The number of ketones is 1. The van der Waals surface area contributed by atoms with Gasteiger partial charge in [0.2, 0.25) is 0 Å². The zero-order valence-electron chi connectivity index (χ0n) is 18.5. The summed E-state index contributed by atoms with van der Waals surface area (Å²) < 4.78 is 16.6. The van der Waals surface area contributed by atoms with Gasteiger partial charge >= 0.3 is 17.9 Å². The summed E-state index contributed by atoms with van der Waals surface area (Å²) in [5.74, 6) is -4.67. The molecular formula is C23H30O8. The van der Waals surface area contributed by atoms with Gasteiger partial charge in [0.1, 0.15) is 6.10 Å². The van der Waals surface area contributed by atoms with E-state index in [4.69, 9.17) is 14.2 Å². The Balaban J connectivity index is 2.69. The lowest BCUT2D eigenvalue weighted by molar-refractivity contribution is -0.197. The van der Waals surface area contributed by atoms with E-state index in [9.17, 15) is 24.3 Å². The zero-order valence-corrected chi connectivity index (χ0v) is 18.5. The molecule has 1 N–H and O–H groups in total. The normalized spacial score (nSPS) is 34.5. The summed E-state index contributed by atoms with van der Waals surface area (Å²) >= 11 is 0. The van der Waals surface area contributed by atoms with Gasteiger partial charge < -0.3 is 19.3 Å². The number of hydrogen-bond acceptors (Lipinski definition) is 8. The van der Waals surface area contributed by atoms with Gasteiger partial charge in [-0.3, -0.25) is 9.59 Å².